The zero-order chi connectivity index (χ0) is 11.3. The minimum Gasteiger partial charge on any atom is -0.0912 e. The Morgan fingerprint density at radius 1 is 1.20 bits per heavy atom. The van der Waals surface area contributed by atoms with E-state index in [9.17, 15) is 0 Å². The summed E-state index contributed by atoms with van der Waals surface area (Å²) in [5, 5.41) is 0. The third-order valence-electron chi connectivity index (χ3n) is 2.25. The molecule has 0 amide bonds. The average Bonchev–Trinajstić information content (AvgIpc) is 2.18. The molecule has 0 fully saturated rings. The van der Waals surface area contributed by atoms with Crippen LogP contribution in [0.15, 0.2) is 54.6 Å². The van der Waals surface area contributed by atoms with Crippen molar-refractivity contribution in [2.45, 2.75) is 20.8 Å². The Bertz CT molecular complexity index is 389. The zero-order valence-electron chi connectivity index (χ0n) is 9.75. The van der Waals surface area contributed by atoms with Crippen molar-refractivity contribution < 1.29 is 0 Å². The fraction of sp³-hybridized carbons (Fsp3) is 0.200. The Kier molecular flexibility index (Phi) is 4.11. The summed E-state index contributed by atoms with van der Waals surface area (Å²) < 4.78 is 0. The van der Waals surface area contributed by atoms with Gasteiger partial charge in [-0.25, -0.2) is 0 Å². The SMILES string of the molecule is C=C(/C=C(C)\C=C/C)c1ccc(C)cc1. The predicted molar refractivity (Wildman–Crippen MR) is 68.8 cm³/mol. The predicted octanol–water partition coefficient (Wildman–Crippen LogP) is 4.53. The van der Waals surface area contributed by atoms with E-state index < -0.39 is 0 Å². The van der Waals surface area contributed by atoms with Crippen molar-refractivity contribution in [1.29, 1.82) is 0 Å². The highest BCUT2D eigenvalue weighted by Crippen LogP contribution is 2.16. The molecular weight excluding hydrogens is 180 g/mol. The van der Waals surface area contributed by atoms with Crippen molar-refractivity contribution in [3.8, 4) is 0 Å². The fourth-order valence-electron chi connectivity index (χ4n) is 1.44. The van der Waals surface area contributed by atoms with Gasteiger partial charge in [0.1, 0.15) is 0 Å². The van der Waals surface area contributed by atoms with Crippen molar-refractivity contribution in [2.24, 2.45) is 0 Å². The summed E-state index contributed by atoms with van der Waals surface area (Å²) in [6, 6.07) is 8.44. The normalized spacial score (nSPS) is 12.1. The summed E-state index contributed by atoms with van der Waals surface area (Å²) in [6.45, 7) is 10.3. The molecule has 0 aromatic heterocycles. The van der Waals surface area contributed by atoms with Gasteiger partial charge in [-0.2, -0.15) is 0 Å². The molecule has 0 aliphatic heterocycles. The largest absolute Gasteiger partial charge is 0.0912 e. The van der Waals surface area contributed by atoms with Crippen LogP contribution >= 0.6 is 0 Å². The molecule has 0 atom stereocenters. The zero-order valence-corrected chi connectivity index (χ0v) is 9.75. The molecule has 0 aliphatic carbocycles. The monoisotopic (exact) mass is 198 g/mol. The van der Waals surface area contributed by atoms with Crippen LogP contribution in [-0.4, -0.2) is 0 Å². The van der Waals surface area contributed by atoms with Gasteiger partial charge in [-0.3, -0.25) is 0 Å². The number of rotatable bonds is 3. The molecule has 0 bridgehead atoms. The molecule has 1 rings (SSSR count). The maximum absolute atomic E-state index is 4.07. The van der Waals surface area contributed by atoms with E-state index in [-0.39, 0.29) is 0 Å². The summed E-state index contributed by atoms with van der Waals surface area (Å²) in [4.78, 5) is 0. The molecule has 0 spiro atoms. The first kappa shape index (κ1) is 11.5. The van der Waals surface area contributed by atoms with Gasteiger partial charge in [0.05, 0.1) is 0 Å². The number of allylic oxidation sites excluding steroid dienone is 5. The third kappa shape index (κ3) is 3.59. The molecule has 0 saturated heterocycles. The molecule has 0 radical (unpaired) electrons. The van der Waals surface area contributed by atoms with Crippen molar-refractivity contribution in [1.82, 2.24) is 0 Å². The molecule has 0 nitrogen and oxygen atoms in total. The van der Waals surface area contributed by atoms with Gasteiger partial charge in [-0.15, -0.1) is 0 Å². The van der Waals surface area contributed by atoms with Gasteiger partial charge in [-0.05, 0) is 31.9 Å². The minimum absolute atomic E-state index is 1.06. The number of benzene rings is 1. The summed E-state index contributed by atoms with van der Waals surface area (Å²) in [7, 11) is 0. The molecule has 1 aromatic carbocycles. The lowest BCUT2D eigenvalue weighted by atomic mass is 10.0. The van der Waals surface area contributed by atoms with Gasteiger partial charge >= 0.3 is 0 Å². The average molecular weight is 198 g/mol. The smallest absolute Gasteiger partial charge is 0.0190 e. The maximum Gasteiger partial charge on any atom is -0.0190 e. The first-order valence-electron chi connectivity index (χ1n) is 5.20. The highest BCUT2D eigenvalue weighted by molar-refractivity contribution is 5.73. The second-order valence-electron chi connectivity index (χ2n) is 3.78. The van der Waals surface area contributed by atoms with Crippen LogP contribution in [0, 0.1) is 6.92 Å². The lowest BCUT2D eigenvalue weighted by Gasteiger charge is -2.02. The van der Waals surface area contributed by atoms with Crippen LogP contribution in [0.2, 0.25) is 0 Å². The van der Waals surface area contributed by atoms with Gasteiger partial charge < -0.3 is 0 Å². The minimum atomic E-state index is 1.06. The Balaban J connectivity index is 2.86. The van der Waals surface area contributed by atoms with Crippen molar-refractivity contribution in [3.05, 3.63) is 65.8 Å². The van der Waals surface area contributed by atoms with Gasteiger partial charge in [0.2, 0.25) is 0 Å². The summed E-state index contributed by atoms with van der Waals surface area (Å²) in [5.74, 6) is 0. The second kappa shape index (κ2) is 5.35. The first-order chi connectivity index (χ1) is 7.13. The van der Waals surface area contributed by atoms with Crippen LogP contribution in [0.4, 0.5) is 0 Å². The van der Waals surface area contributed by atoms with E-state index in [1.807, 2.05) is 13.0 Å². The van der Waals surface area contributed by atoms with Gasteiger partial charge in [0, 0.05) is 0 Å². The maximum atomic E-state index is 4.07. The van der Waals surface area contributed by atoms with E-state index in [1.165, 1.54) is 16.7 Å². The number of aryl methyl sites for hydroxylation is 1. The highest BCUT2D eigenvalue weighted by Gasteiger charge is 1.94. The Labute approximate surface area is 92.6 Å². The molecule has 0 heteroatoms. The summed E-state index contributed by atoms with van der Waals surface area (Å²) in [5.41, 5.74) is 4.75. The van der Waals surface area contributed by atoms with E-state index in [0.717, 1.165) is 5.57 Å². The topological polar surface area (TPSA) is 0 Å². The van der Waals surface area contributed by atoms with Crippen LogP contribution in [-0.2, 0) is 0 Å². The van der Waals surface area contributed by atoms with Crippen molar-refractivity contribution >= 4 is 5.57 Å². The van der Waals surface area contributed by atoms with Crippen LogP contribution in [0.5, 0.6) is 0 Å². The number of hydrogen-bond acceptors (Lipinski definition) is 0. The van der Waals surface area contributed by atoms with E-state index in [4.69, 9.17) is 0 Å². The van der Waals surface area contributed by atoms with E-state index in [0.29, 0.717) is 0 Å². The Hall–Kier alpha value is -1.56. The lowest BCUT2D eigenvalue weighted by Crippen LogP contribution is -1.81. The van der Waals surface area contributed by atoms with E-state index in [2.05, 4.69) is 56.8 Å². The molecule has 15 heavy (non-hydrogen) atoms. The molecule has 0 heterocycles. The Morgan fingerprint density at radius 2 is 1.80 bits per heavy atom. The third-order valence-corrected chi connectivity index (χ3v) is 2.25. The van der Waals surface area contributed by atoms with E-state index in [1.54, 1.807) is 0 Å². The second-order valence-corrected chi connectivity index (χ2v) is 3.78. The standard InChI is InChI=1S/C15H18/c1-5-6-13(3)11-14(4)15-9-7-12(2)8-10-15/h5-11H,4H2,1-3H3/b6-5-,13-11-. The quantitative estimate of drug-likeness (QED) is 0.626. The van der Waals surface area contributed by atoms with E-state index >= 15 is 0 Å². The van der Waals surface area contributed by atoms with Gasteiger partial charge in [0.25, 0.3) is 0 Å². The molecule has 78 valence electrons. The highest BCUT2D eigenvalue weighted by atomic mass is 14.0. The van der Waals surface area contributed by atoms with Crippen LogP contribution in [0.1, 0.15) is 25.0 Å². The Morgan fingerprint density at radius 3 is 2.33 bits per heavy atom. The van der Waals surface area contributed by atoms with Crippen molar-refractivity contribution in [3.63, 3.8) is 0 Å². The molecule has 1 aromatic rings. The number of hydrogen-bond donors (Lipinski definition) is 0. The van der Waals surface area contributed by atoms with Crippen LogP contribution < -0.4 is 0 Å². The van der Waals surface area contributed by atoms with Crippen LogP contribution in [0.3, 0.4) is 0 Å². The molecule has 0 N–H and O–H groups in total. The molecule has 0 saturated carbocycles. The fourth-order valence-corrected chi connectivity index (χ4v) is 1.44. The summed E-state index contributed by atoms with van der Waals surface area (Å²) in [6.07, 6.45) is 6.22. The van der Waals surface area contributed by atoms with Gasteiger partial charge in [-0.1, -0.05) is 60.2 Å². The summed E-state index contributed by atoms with van der Waals surface area (Å²) >= 11 is 0. The first-order valence-corrected chi connectivity index (χ1v) is 5.20. The van der Waals surface area contributed by atoms with Crippen molar-refractivity contribution in [2.75, 3.05) is 0 Å². The molecular formula is C15H18. The van der Waals surface area contributed by atoms with Crippen LogP contribution in [0.25, 0.3) is 5.57 Å². The molecule has 0 unspecified atom stereocenters. The van der Waals surface area contributed by atoms with Gasteiger partial charge in [0.15, 0.2) is 0 Å². The lowest BCUT2D eigenvalue weighted by molar-refractivity contribution is 1.45. The molecule has 0 aliphatic rings.